The molecule has 28 heavy (non-hydrogen) atoms. The summed E-state index contributed by atoms with van der Waals surface area (Å²) in [5, 5.41) is 2.08. The van der Waals surface area contributed by atoms with Crippen LogP contribution in [-0.4, -0.2) is 37.5 Å². The Balaban J connectivity index is 1.59. The van der Waals surface area contributed by atoms with Crippen molar-refractivity contribution in [1.82, 2.24) is 4.90 Å². The zero-order valence-corrected chi connectivity index (χ0v) is 15.6. The van der Waals surface area contributed by atoms with Crippen LogP contribution in [0.1, 0.15) is 15.9 Å². The van der Waals surface area contributed by atoms with E-state index in [1.165, 1.54) is 23.1 Å². The summed E-state index contributed by atoms with van der Waals surface area (Å²) in [5.74, 6) is -0.833. The summed E-state index contributed by atoms with van der Waals surface area (Å²) in [4.78, 5) is 25.6. The number of likely N-dealkylation sites (N-methyl/N-ethyl adjacent to an activating group) is 1. The van der Waals surface area contributed by atoms with E-state index in [0.717, 1.165) is 28.2 Å². The fourth-order valence-electron chi connectivity index (χ4n) is 2.80. The molecule has 0 spiro atoms. The van der Waals surface area contributed by atoms with E-state index in [4.69, 9.17) is 9.47 Å². The van der Waals surface area contributed by atoms with Gasteiger partial charge in [-0.25, -0.2) is 9.18 Å². The minimum Gasteiger partial charge on any atom is -0.497 e. The van der Waals surface area contributed by atoms with Gasteiger partial charge >= 0.3 is 5.97 Å². The highest BCUT2D eigenvalue weighted by atomic mass is 19.1. The molecule has 0 aliphatic carbocycles. The second-order valence-electron chi connectivity index (χ2n) is 6.38. The highest BCUT2D eigenvalue weighted by Gasteiger charge is 2.14. The fraction of sp³-hybridized carbons (Fsp3) is 0.182. The van der Waals surface area contributed by atoms with Crippen LogP contribution in [-0.2, 0) is 16.1 Å². The molecule has 6 heteroatoms. The molecule has 0 aromatic heterocycles. The van der Waals surface area contributed by atoms with E-state index in [2.05, 4.69) is 0 Å². The number of methoxy groups -OCH3 is 1. The number of carbonyl (C=O) groups is 2. The maximum absolute atomic E-state index is 13.2. The van der Waals surface area contributed by atoms with Crippen LogP contribution >= 0.6 is 0 Å². The van der Waals surface area contributed by atoms with Crippen molar-refractivity contribution in [3.8, 4) is 5.75 Å². The third-order valence-electron chi connectivity index (χ3n) is 4.34. The van der Waals surface area contributed by atoms with Gasteiger partial charge in [0.05, 0.1) is 12.7 Å². The van der Waals surface area contributed by atoms with Gasteiger partial charge < -0.3 is 14.4 Å². The van der Waals surface area contributed by atoms with Gasteiger partial charge in [0.25, 0.3) is 5.91 Å². The molecule has 0 saturated carbocycles. The lowest BCUT2D eigenvalue weighted by Crippen LogP contribution is -2.30. The van der Waals surface area contributed by atoms with Gasteiger partial charge in [0.15, 0.2) is 6.61 Å². The Labute approximate surface area is 162 Å². The highest BCUT2D eigenvalue weighted by Crippen LogP contribution is 2.22. The summed E-state index contributed by atoms with van der Waals surface area (Å²) < 4.78 is 23.4. The Morgan fingerprint density at radius 3 is 2.50 bits per heavy atom. The van der Waals surface area contributed by atoms with Crippen LogP contribution in [0.4, 0.5) is 4.39 Å². The molecular weight excluding hydrogens is 361 g/mol. The number of esters is 1. The van der Waals surface area contributed by atoms with Gasteiger partial charge in [0.1, 0.15) is 11.6 Å². The van der Waals surface area contributed by atoms with Gasteiger partial charge in [-0.15, -0.1) is 0 Å². The average molecular weight is 381 g/mol. The van der Waals surface area contributed by atoms with Gasteiger partial charge in [-0.05, 0) is 52.7 Å². The van der Waals surface area contributed by atoms with Gasteiger partial charge in [-0.2, -0.15) is 0 Å². The SMILES string of the molecule is COc1ccc2cc(CN(C)C(=O)COC(=O)c3cccc(F)c3)ccc2c1. The lowest BCUT2D eigenvalue weighted by atomic mass is 10.1. The monoisotopic (exact) mass is 381 g/mol. The Hall–Kier alpha value is -3.41. The second kappa shape index (κ2) is 8.52. The van der Waals surface area contributed by atoms with Crippen molar-refractivity contribution in [3.05, 3.63) is 77.6 Å². The van der Waals surface area contributed by atoms with Crippen molar-refractivity contribution in [3.63, 3.8) is 0 Å². The van der Waals surface area contributed by atoms with Crippen molar-refractivity contribution < 1.29 is 23.5 Å². The first-order valence-electron chi connectivity index (χ1n) is 8.69. The van der Waals surface area contributed by atoms with Crippen LogP contribution in [0, 0.1) is 5.82 Å². The van der Waals surface area contributed by atoms with E-state index in [0.29, 0.717) is 6.54 Å². The van der Waals surface area contributed by atoms with Gasteiger partial charge in [0, 0.05) is 13.6 Å². The first-order valence-corrected chi connectivity index (χ1v) is 8.69. The molecule has 0 saturated heterocycles. The number of rotatable bonds is 6. The molecule has 144 valence electrons. The zero-order valence-electron chi connectivity index (χ0n) is 15.6. The normalized spacial score (nSPS) is 10.5. The molecule has 3 aromatic rings. The minimum atomic E-state index is -0.735. The van der Waals surface area contributed by atoms with E-state index in [1.807, 2.05) is 36.4 Å². The molecule has 0 N–H and O–H groups in total. The van der Waals surface area contributed by atoms with Crippen molar-refractivity contribution in [2.45, 2.75) is 6.54 Å². The largest absolute Gasteiger partial charge is 0.497 e. The van der Waals surface area contributed by atoms with Gasteiger partial charge in [-0.1, -0.05) is 24.3 Å². The first-order chi connectivity index (χ1) is 13.5. The number of carbonyl (C=O) groups excluding carboxylic acids is 2. The van der Waals surface area contributed by atoms with Crippen LogP contribution in [0.15, 0.2) is 60.7 Å². The molecule has 0 unspecified atom stereocenters. The Morgan fingerprint density at radius 2 is 1.75 bits per heavy atom. The number of ether oxygens (including phenoxy) is 2. The summed E-state index contributed by atoms with van der Waals surface area (Å²) in [6, 6.07) is 16.8. The summed E-state index contributed by atoms with van der Waals surface area (Å²) in [5.41, 5.74) is 1.02. The molecule has 0 heterocycles. The second-order valence-corrected chi connectivity index (χ2v) is 6.38. The average Bonchev–Trinajstić information content (AvgIpc) is 2.71. The van der Waals surface area contributed by atoms with E-state index < -0.39 is 18.4 Å². The van der Waals surface area contributed by atoms with Crippen molar-refractivity contribution in [2.24, 2.45) is 0 Å². The highest BCUT2D eigenvalue weighted by molar-refractivity contribution is 5.91. The molecule has 0 bridgehead atoms. The van der Waals surface area contributed by atoms with E-state index >= 15 is 0 Å². The lowest BCUT2D eigenvalue weighted by molar-refractivity contribution is -0.133. The zero-order chi connectivity index (χ0) is 20.1. The van der Waals surface area contributed by atoms with Crippen LogP contribution < -0.4 is 4.74 Å². The standard InChI is InChI=1S/C22H20FNO4/c1-24(21(25)14-28-22(26)18-4-3-5-19(23)11-18)13-15-6-7-17-12-20(27-2)9-8-16(17)10-15/h3-12H,13-14H2,1-2H3. The van der Waals surface area contributed by atoms with E-state index in [1.54, 1.807) is 14.2 Å². The molecule has 3 rings (SSSR count). The number of nitrogens with zero attached hydrogens (tertiary/aromatic N) is 1. The Morgan fingerprint density at radius 1 is 1.00 bits per heavy atom. The van der Waals surface area contributed by atoms with Crippen LogP contribution in [0.25, 0.3) is 10.8 Å². The molecule has 0 fully saturated rings. The number of halogens is 1. The third kappa shape index (κ3) is 4.65. The van der Waals surface area contributed by atoms with Crippen molar-refractivity contribution in [2.75, 3.05) is 20.8 Å². The molecular formula is C22H20FNO4. The van der Waals surface area contributed by atoms with Gasteiger partial charge in [0.2, 0.25) is 0 Å². The van der Waals surface area contributed by atoms with E-state index in [9.17, 15) is 14.0 Å². The first kappa shape index (κ1) is 19.4. The lowest BCUT2D eigenvalue weighted by Gasteiger charge is -2.17. The summed E-state index contributed by atoms with van der Waals surface area (Å²) in [6.07, 6.45) is 0. The Kier molecular flexibility index (Phi) is 5.89. The maximum Gasteiger partial charge on any atom is 0.338 e. The van der Waals surface area contributed by atoms with Crippen molar-refractivity contribution in [1.29, 1.82) is 0 Å². The van der Waals surface area contributed by atoms with Crippen LogP contribution in [0.2, 0.25) is 0 Å². The molecule has 1 amide bonds. The van der Waals surface area contributed by atoms with Gasteiger partial charge in [-0.3, -0.25) is 4.79 Å². The number of hydrogen-bond donors (Lipinski definition) is 0. The predicted octanol–water partition coefficient (Wildman–Crippen LogP) is 3.80. The minimum absolute atomic E-state index is 0.0698. The topological polar surface area (TPSA) is 55.8 Å². The maximum atomic E-state index is 13.2. The predicted molar refractivity (Wildman–Crippen MR) is 104 cm³/mol. The molecule has 0 aliphatic heterocycles. The molecule has 5 nitrogen and oxygen atoms in total. The smallest absolute Gasteiger partial charge is 0.338 e. The summed E-state index contributed by atoms with van der Waals surface area (Å²) in [7, 11) is 3.26. The van der Waals surface area contributed by atoms with Crippen LogP contribution in [0.5, 0.6) is 5.75 Å². The Bertz CT molecular complexity index is 1020. The van der Waals surface area contributed by atoms with E-state index in [-0.39, 0.29) is 11.5 Å². The van der Waals surface area contributed by atoms with Crippen LogP contribution in [0.3, 0.4) is 0 Å². The molecule has 0 radical (unpaired) electrons. The summed E-state index contributed by atoms with van der Waals surface area (Å²) >= 11 is 0. The molecule has 0 atom stereocenters. The molecule has 3 aromatic carbocycles. The number of fused-ring (bicyclic) bond motifs is 1. The number of hydrogen-bond acceptors (Lipinski definition) is 4. The quantitative estimate of drug-likeness (QED) is 0.610. The third-order valence-corrected chi connectivity index (χ3v) is 4.34. The number of amides is 1. The van der Waals surface area contributed by atoms with Crippen molar-refractivity contribution >= 4 is 22.6 Å². The number of benzene rings is 3. The fourth-order valence-corrected chi connectivity index (χ4v) is 2.80. The summed E-state index contributed by atoms with van der Waals surface area (Å²) in [6.45, 7) is -0.0328. The molecule has 0 aliphatic rings.